The van der Waals surface area contributed by atoms with Gasteiger partial charge in [0.15, 0.2) is 0 Å². The third kappa shape index (κ3) is 2.87. The highest BCUT2D eigenvalue weighted by Gasteiger charge is 2.14. The SMILES string of the molecule is COc1ccc(N)cc1CC(C)C(=O)O. The Morgan fingerprint density at radius 3 is 2.80 bits per heavy atom. The summed E-state index contributed by atoms with van der Waals surface area (Å²) in [4.78, 5) is 10.7. The van der Waals surface area contributed by atoms with Gasteiger partial charge in [-0.15, -0.1) is 0 Å². The summed E-state index contributed by atoms with van der Waals surface area (Å²) in [5, 5.41) is 8.80. The maximum absolute atomic E-state index is 10.7. The van der Waals surface area contributed by atoms with Crippen LogP contribution in [0.25, 0.3) is 0 Å². The smallest absolute Gasteiger partial charge is 0.306 e. The number of carboxylic acid groups (broad SMARTS) is 1. The van der Waals surface area contributed by atoms with E-state index in [4.69, 9.17) is 15.6 Å². The largest absolute Gasteiger partial charge is 0.496 e. The number of nitrogens with two attached hydrogens (primary N) is 1. The van der Waals surface area contributed by atoms with Crippen LogP contribution in [0.1, 0.15) is 12.5 Å². The zero-order valence-corrected chi connectivity index (χ0v) is 8.86. The van der Waals surface area contributed by atoms with Crippen LogP contribution in [0.3, 0.4) is 0 Å². The number of hydrogen-bond donors (Lipinski definition) is 2. The van der Waals surface area contributed by atoms with Crippen LogP contribution in [0.5, 0.6) is 5.75 Å². The topological polar surface area (TPSA) is 72.5 Å². The molecule has 0 radical (unpaired) electrons. The van der Waals surface area contributed by atoms with Crippen molar-refractivity contribution in [2.75, 3.05) is 12.8 Å². The molecule has 1 aromatic rings. The molecule has 1 aromatic carbocycles. The quantitative estimate of drug-likeness (QED) is 0.738. The first-order valence-electron chi connectivity index (χ1n) is 4.69. The highest BCUT2D eigenvalue weighted by Crippen LogP contribution is 2.23. The fourth-order valence-electron chi connectivity index (χ4n) is 1.38. The molecule has 4 heteroatoms. The average molecular weight is 209 g/mol. The van der Waals surface area contributed by atoms with Gasteiger partial charge >= 0.3 is 5.97 Å². The molecular formula is C11H15NO3. The van der Waals surface area contributed by atoms with Crippen LogP contribution < -0.4 is 10.5 Å². The van der Waals surface area contributed by atoms with E-state index in [2.05, 4.69) is 0 Å². The van der Waals surface area contributed by atoms with Crippen LogP contribution in [-0.2, 0) is 11.2 Å². The lowest BCUT2D eigenvalue weighted by Crippen LogP contribution is -2.13. The van der Waals surface area contributed by atoms with Crippen molar-refractivity contribution in [1.29, 1.82) is 0 Å². The molecule has 0 saturated carbocycles. The van der Waals surface area contributed by atoms with E-state index in [1.165, 1.54) is 0 Å². The molecule has 0 heterocycles. The maximum atomic E-state index is 10.7. The molecule has 1 rings (SSSR count). The van der Waals surface area contributed by atoms with Crippen molar-refractivity contribution in [2.24, 2.45) is 5.92 Å². The highest BCUT2D eigenvalue weighted by atomic mass is 16.5. The minimum Gasteiger partial charge on any atom is -0.496 e. The van der Waals surface area contributed by atoms with Crippen LogP contribution in [0.4, 0.5) is 5.69 Å². The second-order valence-electron chi connectivity index (χ2n) is 3.51. The number of ether oxygens (including phenoxy) is 1. The van der Waals surface area contributed by atoms with Gasteiger partial charge in [-0.1, -0.05) is 6.92 Å². The van der Waals surface area contributed by atoms with E-state index in [1.54, 1.807) is 32.2 Å². The molecule has 1 unspecified atom stereocenters. The van der Waals surface area contributed by atoms with E-state index in [1.807, 2.05) is 0 Å². The summed E-state index contributed by atoms with van der Waals surface area (Å²) in [6, 6.07) is 5.23. The molecular weight excluding hydrogens is 194 g/mol. The van der Waals surface area contributed by atoms with Crippen LogP contribution in [0.2, 0.25) is 0 Å². The number of carbonyl (C=O) groups is 1. The fourth-order valence-corrected chi connectivity index (χ4v) is 1.38. The van der Waals surface area contributed by atoms with Gasteiger partial charge in [-0.25, -0.2) is 0 Å². The maximum Gasteiger partial charge on any atom is 0.306 e. The highest BCUT2D eigenvalue weighted by molar-refractivity contribution is 5.70. The Morgan fingerprint density at radius 1 is 1.60 bits per heavy atom. The second kappa shape index (κ2) is 4.68. The zero-order chi connectivity index (χ0) is 11.4. The minimum absolute atomic E-state index is 0.420. The van der Waals surface area contributed by atoms with Crippen molar-refractivity contribution < 1.29 is 14.6 Å². The average Bonchev–Trinajstić information content (AvgIpc) is 2.18. The Bertz CT molecular complexity index is 363. The number of anilines is 1. The number of rotatable bonds is 4. The third-order valence-corrected chi connectivity index (χ3v) is 2.25. The first kappa shape index (κ1) is 11.4. The van der Waals surface area contributed by atoms with E-state index < -0.39 is 11.9 Å². The zero-order valence-electron chi connectivity index (χ0n) is 8.86. The Balaban J connectivity index is 2.91. The number of hydrogen-bond acceptors (Lipinski definition) is 3. The summed E-state index contributed by atoms with van der Waals surface area (Å²) in [6.45, 7) is 1.66. The second-order valence-corrected chi connectivity index (χ2v) is 3.51. The number of aliphatic carboxylic acids is 1. The number of methoxy groups -OCH3 is 1. The van der Waals surface area contributed by atoms with Gasteiger partial charge in [0.2, 0.25) is 0 Å². The Kier molecular flexibility index (Phi) is 3.55. The summed E-state index contributed by atoms with van der Waals surface area (Å²) >= 11 is 0. The molecule has 0 aliphatic rings. The van der Waals surface area contributed by atoms with Crippen molar-refractivity contribution in [1.82, 2.24) is 0 Å². The number of nitrogen functional groups attached to an aromatic ring is 1. The summed E-state index contributed by atoms with van der Waals surface area (Å²) in [5.74, 6) is -0.586. The summed E-state index contributed by atoms with van der Waals surface area (Å²) < 4.78 is 5.13. The van der Waals surface area contributed by atoms with Crippen LogP contribution in [0.15, 0.2) is 18.2 Å². The van der Waals surface area contributed by atoms with Gasteiger partial charge in [0, 0.05) is 5.69 Å². The lowest BCUT2D eigenvalue weighted by Gasteiger charge is -2.11. The van der Waals surface area contributed by atoms with E-state index in [0.29, 0.717) is 17.9 Å². The third-order valence-electron chi connectivity index (χ3n) is 2.25. The Hall–Kier alpha value is -1.71. The standard InChI is InChI=1S/C11H15NO3/c1-7(11(13)14)5-8-6-9(12)3-4-10(8)15-2/h3-4,6-7H,5,12H2,1-2H3,(H,13,14). The molecule has 0 aromatic heterocycles. The molecule has 0 fully saturated rings. The summed E-state index contributed by atoms with van der Waals surface area (Å²) in [7, 11) is 1.56. The summed E-state index contributed by atoms with van der Waals surface area (Å²) in [5.41, 5.74) is 7.07. The Morgan fingerprint density at radius 2 is 2.27 bits per heavy atom. The van der Waals surface area contributed by atoms with Crippen LogP contribution in [0, 0.1) is 5.92 Å². The van der Waals surface area contributed by atoms with Crippen LogP contribution >= 0.6 is 0 Å². The predicted octanol–water partition coefficient (Wildman–Crippen LogP) is 1.54. The van der Waals surface area contributed by atoms with E-state index >= 15 is 0 Å². The van der Waals surface area contributed by atoms with Crippen LogP contribution in [-0.4, -0.2) is 18.2 Å². The van der Waals surface area contributed by atoms with E-state index in [0.717, 1.165) is 5.56 Å². The molecule has 0 spiro atoms. The van der Waals surface area contributed by atoms with Gasteiger partial charge in [-0.3, -0.25) is 4.79 Å². The van der Waals surface area contributed by atoms with Gasteiger partial charge < -0.3 is 15.6 Å². The lowest BCUT2D eigenvalue weighted by molar-refractivity contribution is -0.141. The van der Waals surface area contributed by atoms with Gasteiger partial charge in [0.05, 0.1) is 13.0 Å². The predicted molar refractivity (Wildman–Crippen MR) is 57.9 cm³/mol. The minimum atomic E-state index is -0.820. The molecule has 15 heavy (non-hydrogen) atoms. The summed E-state index contributed by atoms with van der Waals surface area (Å²) in [6.07, 6.45) is 0.420. The number of benzene rings is 1. The van der Waals surface area contributed by atoms with Gasteiger partial charge in [-0.05, 0) is 30.2 Å². The monoisotopic (exact) mass is 209 g/mol. The molecule has 1 atom stereocenters. The molecule has 0 bridgehead atoms. The molecule has 0 amide bonds. The van der Waals surface area contributed by atoms with Crippen molar-refractivity contribution in [3.05, 3.63) is 23.8 Å². The van der Waals surface area contributed by atoms with Gasteiger partial charge in [0.25, 0.3) is 0 Å². The first-order chi connectivity index (χ1) is 7.04. The normalized spacial score (nSPS) is 12.1. The number of carboxylic acids is 1. The lowest BCUT2D eigenvalue weighted by atomic mass is 10.00. The molecule has 3 N–H and O–H groups in total. The molecule has 0 aliphatic carbocycles. The van der Waals surface area contributed by atoms with E-state index in [9.17, 15) is 4.79 Å². The fraction of sp³-hybridized carbons (Fsp3) is 0.364. The molecule has 4 nitrogen and oxygen atoms in total. The van der Waals surface area contributed by atoms with Crippen molar-refractivity contribution in [3.8, 4) is 5.75 Å². The molecule has 0 saturated heterocycles. The van der Waals surface area contributed by atoms with Gasteiger partial charge in [-0.2, -0.15) is 0 Å². The molecule has 0 aliphatic heterocycles. The van der Waals surface area contributed by atoms with Crippen molar-refractivity contribution in [2.45, 2.75) is 13.3 Å². The van der Waals surface area contributed by atoms with E-state index in [-0.39, 0.29) is 0 Å². The Labute approximate surface area is 88.7 Å². The van der Waals surface area contributed by atoms with Crippen molar-refractivity contribution >= 4 is 11.7 Å². The van der Waals surface area contributed by atoms with Crippen molar-refractivity contribution in [3.63, 3.8) is 0 Å². The molecule has 82 valence electrons. The van der Waals surface area contributed by atoms with Gasteiger partial charge in [0.1, 0.15) is 5.75 Å². The first-order valence-corrected chi connectivity index (χ1v) is 4.69.